The minimum atomic E-state index is -0.813. The molecule has 0 N–H and O–H groups in total. The van der Waals surface area contributed by atoms with Crippen LogP contribution in [0.2, 0.25) is 0 Å². The molecule has 0 aliphatic heterocycles. The predicted octanol–water partition coefficient (Wildman–Crippen LogP) is 2.41. The van der Waals surface area contributed by atoms with E-state index in [-0.39, 0.29) is 5.97 Å². The molecule has 2 aliphatic carbocycles. The second-order valence-electron chi connectivity index (χ2n) is 5.10. The first-order valence-corrected chi connectivity index (χ1v) is 5.66. The third-order valence-corrected chi connectivity index (χ3v) is 4.06. The highest BCUT2D eigenvalue weighted by atomic mass is 16.5. The van der Waals surface area contributed by atoms with E-state index in [0.717, 1.165) is 12.8 Å². The highest BCUT2D eigenvalue weighted by Gasteiger charge is 2.59. The third kappa shape index (κ3) is 1.52. The molecule has 0 saturated heterocycles. The molecule has 2 fully saturated rings. The quantitative estimate of drug-likeness (QED) is 0.620. The predicted molar refractivity (Wildman–Crippen MR) is 54.8 cm³/mol. The molecule has 2 rings (SSSR count). The number of carbonyl (C=O) groups is 1. The van der Waals surface area contributed by atoms with Crippen LogP contribution in [0, 0.1) is 22.2 Å². The summed E-state index contributed by atoms with van der Waals surface area (Å²) < 4.78 is 4.72. The summed E-state index contributed by atoms with van der Waals surface area (Å²) in [6.45, 7) is 0. The van der Waals surface area contributed by atoms with Crippen LogP contribution in [-0.4, -0.2) is 13.1 Å². The van der Waals surface area contributed by atoms with Gasteiger partial charge in [-0.2, -0.15) is 5.26 Å². The van der Waals surface area contributed by atoms with E-state index in [2.05, 4.69) is 6.07 Å². The molecule has 0 unspecified atom stereocenters. The Morgan fingerprint density at radius 3 is 2.33 bits per heavy atom. The third-order valence-electron chi connectivity index (χ3n) is 4.06. The van der Waals surface area contributed by atoms with Gasteiger partial charge in [0.2, 0.25) is 0 Å². The molecule has 3 heteroatoms. The lowest BCUT2D eigenvalue weighted by Gasteiger charge is -2.53. The van der Waals surface area contributed by atoms with Crippen LogP contribution < -0.4 is 0 Å². The van der Waals surface area contributed by atoms with E-state index in [1.54, 1.807) is 0 Å². The number of nitriles is 1. The SMILES string of the molecule is COC(=O)C1(C#N)CC2(CCCCC2)C1. The zero-order valence-corrected chi connectivity index (χ0v) is 9.21. The maximum atomic E-state index is 11.5. The molecule has 82 valence electrons. The molecule has 0 atom stereocenters. The second-order valence-corrected chi connectivity index (χ2v) is 5.10. The number of hydrogen-bond acceptors (Lipinski definition) is 3. The van der Waals surface area contributed by atoms with Crippen LogP contribution in [0.15, 0.2) is 0 Å². The van der Waals surface area contributed by atoms with Crippen LogP contribution in [0.4, 0.5) is 0 Å². The van der Waals surface area contributed by atoms with Crippen molar-refractivity contribution >= 4 is 5.97 Å². The van der Waals surface area contributed by atoms with E-state index >= 15 is 0 Å². The van der Waals surface area contributed by atoms with Gasteiger partial charge in [0, 0.05) is 0 Å². The Morgan fingerprint density at radius 2 is 1.87 bits per heavy atom. The van der Waals surface area contributed by atoms with Crippen molar-refractivity contribution < 1.29 is 9.53 Å². The van der Waals surface area contributed by atoms with Crippen molar-refractivity contribution in [3.05, 3.63) is 0 Å². The standard InChI is InChI=1S/C12H17NO2/c1-15-10(14)12(9-13)7-11(8-12)5-3-2-4-6-11/h2-8H2,1H3. The van der Waals surface area contributed by atoms with Crippen LogP contribution in [0.5, 0.6) is 0 Å². The van der Waals surface area contributed by atoms with E-state index in [1.165, 1.54) is 39.2 Å². The van der Waals surface area contributed by atoms with Gasteiger partial charge in [0.15, 0.2) is 5.41 Å². The maximum absolute atomic E-state index is 11.5. The van der Waals surface area contributed by atoms with Gasteiger partial charge < -0.3 is 4.74 Å². The number of nitrogens with zero attached hydrogens (tertiary/aromatic N) is 1. The minimum absolute atomic E-state index is 0.294. The van der Waals surface area contributed by atoms with Crippen molar-refractivity contribution in [2.24, 2.45) is 10.8 Å². The van der Waals surface area contributed by atoms with Gasteiger partial charge in [0.25, 0.3) is 0 Å². The first-order chi connectivity index (χ1) is 7.16. The average Bonchev–Trinajstić information content (AvgIpc) is 2.25. The first-order valence-electron chi connectivity index (χ1n) is 5.66. The largest absolute Gasteiger partial charge is 0.468 e. The average molecular weight is 207 g/mol. The Kier molecular flexibility index (Phi) is 2.46. The smallest absolute Gasteiger partial charge is 0.326 e. The summed E-state index contributed by atoms with van der Waals surface area (Å²) in [5.41, 5.74) is -0.520. The second kappa shape index (κ2) is 3.52. The van der Waals surface area contributed by atoms with Gasteiger partial charge >= 0.3 is 5.97 Å². The Balaban J connectivity index is 2.05. The summed E-state index contributed by atoms with van der Waals surface area (Å²) in [5.74, 6) is -0.332. The van der Waals surface area contributed by atoms with E-state index in [4.69, 9.17) is 10.00 Å². The number of hydrogen-bond donors (Lipinski definition) is 0. The number of methoxy groups -OCH3 is 1. The highest BCUT2D eigenvalue weighted by Crippen LogP contribution is 2.61. The fourth-order valence-corrected chi connectivity index (χ4v) is 3.35. The molecule has 3 nitrogen and oxygen atoms in total. The van der Waals surface area contributed by atoms with E-state index < -0.39 is 5.41 Å². The molecule has 2 saturated carbocycles. The number of esters is 1. The number of carbonyl (C=O) groups excluding carboxylic acids is 1. The minimum Gasteiger partial charge on any atom is -0.468 e. The van der Waals surface area contributed by atoms with Crippen LogP contribution in [0.3, 0.4) is 0 Å². The van der Waals surface area contributed by atoms with Crippen LogP contribution in [0.1, 0.15) is 44.9 Å². The van der Waals surface area contributed by atoms with Crippen LogP contribution >= 0.6 is 0 Å². The van der Waals surface area contributed by atoms with Gasteiger partial charge in [0.05, 0.1) is 13.2 Å². The molecule has 0 aromatic rings. The van der Waals surface area contributed by atoms with Crippen molar-refractivity contribution in [2.75, 3.05) is 7.11 Å². The van der Waals surface area contributed by atoms with Crippen molar-refractivity contribution in [1.29, 1.82) is 5.26 Å². The van der Waals surface area contributed by atoms with E-state index in [1.807, 2.05) is 0 Å². The summed E-state index contributed by atoms with van der Waals surface area (Å²) in [4.78, 5) is 11.5. The lowest BCUT2D eigenvalue weighted by molar-refractivity contribution is -0.164. The summed E-state index contributed by atoms with van der Waals surface area (Å²) in [5, 5.41) is 9.10. The number of ether oxygens (including phenoxy) is 1. The van der Waals surface area contributed by atoms with Gasteiger partial charge in [-0.3, -0.25) is 4.79 Å². The van der Waals surface area contributed by atoms with Crippen LogP contribution in [-0.2, 0) is 9.53 Å². The first kappa shape index (κ1) is 10.5. The highest BCUT2D eigenvalue weighted by molar-refractivity contribution is 5.81. The normalized spacial score (nSPS) is 26.4. The molecule has 0 radical (unpaired) electrons. The molecule has 0 bridgehead atoms. The fourth-order valence-electron chi connectivity index (χ4n) is 3.35. The van der Waals surface area contributed by atoms with Crippen LogP contribution in [0.25, 0.3) is 0 Å². The topological polar surface area (TPSA) is 50.1 Å². The molecule has 0 amide bonds. The van der Waals surface area contributed by atoms with E-state index in [9.17, 15) is 4.79 Å². The van der Waals surface area contributed by atoms with Crippen molar-refractivity contribution in [2.45, 2.75) is 44.9 Å². The zero-order chi connectivity index (χ0) is 10.9. The number of rotatable bonds is 1. The van der Waals surface area contributed by atoms with Gasteiger partial charge in [-0.05, 0) is 31.1 Å². The van der Waals surface area contributed by atoms with E-state index in [0.29, 0.717) is 5.41 Å². The molecule has 2 aliphatic rings. The molecule has 0 aromatic carbocycles. The lowest BCUT2D eigenvalue weighted by atomic mass is 9.49. The fraction of sp³-hybridized carbons (Fsp3) is 0.833. The van der Waals surface area contributed by atoms with Gasteiger partial charge in [-0.15, -0.1) is 0 Å². The summed E-state index contributed by atoms with van der Waals surface area (Å²) in [7, 11) is 1.37. The van der Waals surface area contributed by atoms with Crippen molar-refractivity contribution in [1.82, 2.24) is 0 Å². The van der Waals surface area contributed by atoms with Gasteiger partial charge in [-0.25, -0.2) is 0 Å². The summed E-state index contributed by atoms with van der Waals surface area (Å²) in [6, 6.07) is 2.16. The summed E-state index contributed by atoms with van der Waals surface area (Å²) >= 11 is 0. The Bertz CT molecular complexity index is 302. The zero-order valence-electron chi connectivity index (χ0n) is 9.21. The molecular weight excluding hydrogens is 190 g/mol. The molecular formula is C12H17NO2. The summed E-state index contributed by atoms with van der Waals surface area (Å²) in [6.07, 6.45) is 7.64. The van der Waals surface area contributed by atoms with Crippen molar-refractivity contribution in [3.63, 3.8) is 0 Å². The Hall–Kier alpha value is -1.04. The monoisotopic (exact) mass is 207 g/mol. The Morgan fingerprint density at radius 1 is 1.27 bits per heavy atom. The molecule has 15 heavy (non-hydrogen) atoms. The Labute approximate surface area is 90.4 Å². The van der Waals surface area contributed by atoms with Gasteiger partial charge in [0.1, 0.15) is 0 Å². The maximum Gasteiger partial charge on any atom is 0.326 e. The van der Waals surface area contributed by atoms with Gasteiger partial charge in [-0.1, -0.05) is 19.3 Å². The molecule has 0 aromatic heterocycles. The molecule has 0 heterocycles. The molecule has 1 spiro atoms. The lowest BCUT2D eigenvalue weighted by Crippen LogP contribution is -2.51. The van der Waals surface area contributed by atoms with Crippen molar-refractivity contribution in [3.8, 4) is 6.07 Å².